The second-order valence-corrected chi connectivity index (χ2v) is 12.4. The summed E-state index contributed by atoms with van der Waals surface area (Å²) >= 11 is 3.34. The van der Waals surface area contributed by atoms with E-state index >= 15 is 0 Å². The monoisotopic (exact) mass is 617 g/mol. The summed E-state index contributed by atoms with van der Waals surface area (Å²) in [5.74, 6) is -0.289. The zero-order valence-electron chi connectivity index (χ0n) is 24.1. The number of carbonyl (C=O) groups excluding carboxylic acids is 3. The van der Waals surface area contributed by atoms with E-state index in [-0.39, 0.29) is 22.7 Å². The molecule has 1 aromatic carbocycles. The van der Waals surface area contributed by atoms with Crippen LogP contribution in [-0.4, -0.2) is 69.8 Å². The number of amides is 2. The lowest BCUT2D eigenvalue weighted by molar-refractivity contribution is -0.00662. The molecule has 3 rings (SSSR count). The molecule has 1 unspecified atom stereocenters. The van der Waals surface area contributed by atoms with Crippen molar-refractivity contribution in [3.05, 3.63) is 51.9 Å². The van der Waals surface area contributed by atoms with Crippen molar-refractivity contribution in [2.75, 3.05) is 18.5 Å². The van der Waals surface area contributed by atoms with Crippen LogP contribution in [0.5, 0.6) is 0 Å². The Morgan fingerprint density at radius 3 is 2.25 bits per heavy atom. The first-order valence-corrected chi connectivity index (χ1v) is 13.7. The number of ether oxygens (including phenoxy) is 3. The van der Waals surface area contributed by atoms with E-state index in [1.54, 1.807) is 83.5 Å². The Labute approximate surface area is 243 Å². The first-order chi connectivity index (χ1) is 18.5. The minimum absolute atomic E-state index is 0.129. The fraction of sp³-hybridized carbons (Fsp3) is 0.536. The average molecular weight is 619 g/mol. The molecule has 0 spiro atoms. The highest BCUT2D eigenvalue weighted by Crippen LogP contribution is 2.41. The van der Waals surface area contributed by atoms with Gasteiger partial charge in [0.05, 0.1) is 24.2 Å². The van der Waals surface area contributed by atoms with E-state index in [1.165, 1.54) is 16.8 Å². The van der Waals surface area contributed by atoms with Crippen molar-refractivity contribution < 1.29 is 28.6 Å². The second-order valence-electron chi connectivity index (χ2n) is 11.6. The third kappa shape index (κ3) is 7.33. The number of anilines is 1. The van der Waals surface area contributed by atoms with Gasteiger partial charge in [-0.2, -0.15) is 5.10 Å². The van der Waals surface area contributed by atoms with E-state index in [2.05, 4.69) is 25.9 Å². The maximum Gasteiger partial charge on any atom is 0.414 e. The van der Waals surface area contributed by atoms with Gasteiger partial charge >= 0.3 is 18.2 Å². The molecule has 216 valence electrons. The molecule has 40 heavy (non-hydrogen) atoms. The van der Waals surface area contributed by atoms with E-state index in [0.717, 1.165) is 0 Å². The molecule has 1 aromatic heterocycles. The van der Waals surface area contributed by atoms with E-state index < -0.39 is 47.5 Å². The fourth-order valence-electron chi connectivity index (χ4n) is 4.36. The number of esters is 1. The predicted octanol–water partition coefficient (Wildman–Crippen LogP) is 6.36. The van der Waals surface area contributed by atoms with Crippen LogP contribution in [0, 0.1) is 6.57 Å². The van der Waals surface area contributed by atoms with Gasteiger partial charge < -0.3 is 14.2 Å². The standard InChI is InChI=1S/C28H36BrN5O6/c1-17(38-24(35)18-13-11-10-12-14-18)20-15-19(16-33(20)26(37)40-28(5,6)7)34-23(21(30-8)22(29)31-34)32(9)25(36)39-27(2,3)4/h10-14,17,19-20H,15-16H2,1-7,9H3/t17?,19-,20+/m0/s1. The molecule has 3 atom stereocenters. The normalized spacial score (nSPS) is 18.1. The SMILES string of the molecule is [C-]#[N+]c1c(Br)nn([C@H]2C[C@H](C(C)OC(=O)c3ccccc3)N(C(=O)OC(C)(C)C)C2)c1N(C)C(=O)OC(C)(C)C. The number of aromatic nitrogens is 2. The smallest absolute Gasteiger partial charge is 0.414 e. The number of likely N-dealkylation sites (tertiary alicyclic amines) is 1. The number of hydrogen-bond acceptors (Lipinski definition) is 7. The summed E-state index contributed by atoms with van der Waals surface area (Å²) in [5, 5.41) is 4.52. The molecule has 0 bridgehead atoms. The third-order valence-corrected chi connectivity index (χ3v) is 6.59. The van der Waals surface area contributed by atoms with Gasteiger partial charge in [0.2, 0.25) is 0 Å². The summed E-state index contributed by atoms with van der Waals surface area (Å²) in [6, 6.07) is 7.57. The van der Waals surface area contributed by atoms with Crippen LogP contribution in [0.4, 0.5) is 21.1 Å². The maximum atomic E-state index is 13.3. The molecule has 1 aliphatic heterocycles. The summed E-state index contributed by atoms with van der Waals surface area (Å²) in [7, 11) is 1.50. The van der Waals surface area contributed by atoms with Gasteiger partial charge in [-0.15, -0.1) is 0 Å². The third-order valence-electron chi connectivity index (χ3n) is 6.06. The minimum Gasteiger partial charge on any atom is -0.457 e. The van der Waals surface area contributed by atoms with Crippen molar-refractivity contribution in [2.24, 2.45) is 0 Å². The summed E-state index contributed by atoms with van der Waals surface area (Å²) in [5.41, 5.74) is -0.983. The minimum atomic E-state index is -0.754. The molecule has 0 radical (unpaired) electrons. The van der Waals surface area contributed by atoms with E-state index in [4.69, 9.17) is 20.8 Å². The molecule has 2 amide bonds. The molecule has 0 aliphatic carbocycles. The van der Waals surface area contributed by atoms with Crippen molar-refractivity contribution in [3.63, 3.8) is 0 Å². The lowest BCUT2D eigenvalue weighted by atomic mass is 10.1. The van der Waals surface area contributed by atoms with Gasteiger partial charge in [0, 0.05) is 13.6 Å². The molecular formula is C28H36BrN5O6. The van der Waals surface area contributed by atoms with Crippen LogP contribution < -0.4 is 4.90 Å². The van der Waals surface area contributed by atoms with Crippen LogP contribution in [0.1, 0.15) is 71.3 Å². The fourth-order valence-corrected chi connectivity index (χ4v) is 4.79. The van der Waals surface area contributed by atoms with E-state index in [9.17, 15) is 14.4 Å². The van der Waals surface area contributed by atoms with Gasteiger partial charge in [0.15, 0.2) is 0 Å². The van der Waals surface area contributed by atoms with Crippen molar-refractivity contribution in [1.82, 2.24) is 14.7 Å². The Balaban J connectivity index is 1.97. The van der Waals surface area contributed by atoms with Crippen molar-refractivity contribution >= 4 is 45.6 Å². The van der Waals surface area contributed by atoms with Gasteiger partial charge in [-0.25, -0.2) is 19.2 Å². The molecule has 0 saturated carbocycles. The van der Waals surface area contributed by atoms with Gasteiger partial charge in [-0.05, 0) is 82.9 Å². The first kappa shape index (κ1) is 30.9. The van der Waals surface area contributed by atoms with Crippen molar-refractivity contribution in [3.8, 4) is 0 Å². The van der Waals surface area contributed by atoms with Crippen molar-refractivity contribution in [2.45, 2.75) is 84.3 Å². The molecule has 1 saturated heterocycles. The number of halogens is 1. The zero-order valence-corrected chi connectivity index (χ0v) is 25.7. The molecular weight excluding hydrogens is 582 g/mol. The summed E-state index contributed by atoms with van der Waals surface area (Å²) < 4.78 is 18.8. The Hall–Kier alpha value is -3.59. The molecule has 12 heteroatoms. The average Bonchev–Trinajstić information content (AvgIpc) is 3.43. The summed E-state index contributed by atoms with van der Waals surface area (Å²) in [6.07, 6.45) is -1.60. The Morgan fingerprint density at radius 2 is 1.70 bits per heavy atom. The molecule has 2 heterocycles. The number of hydrogen-bond donors (Lipinski definition) is 0. The van der Waals surface area contributed by atoms with Gasteiger partial charge in [-0.3, -0.25) is 14.5 Å². The summed E-state index contributed by atoms with van der Waals surface area (Å²) in [6.45, 7) is 20.2. The van der Waals surface area contributed by atoms with Crippen LogP contribution in [0.15, 0.2) is 34.9 Å². The molecule has 1 aliphatic rings. The highest BCUT2D eigenvalue weighted by molar-refractivity contribution is 9.10. The number of nitrogens with zero attached hydrogens (tertiary/aromatic N) is 5. The number of benzene rings is 1. The zero-order chi connectivity index (χ0) is 30.0. The van der Waals surface area contributed by atoms with Crippen LogP contribution >= 0.6 is 15.9 Å². The highest BCUT2D eigenvalue weighted by Gasteiger charge is 2.44. The molecule has 11 nitrogen and oxygen atoms in total. The lowest BCUT2D eigenvalue weighted by Crippen LogP contribution is -2.45. The van der Waals surface area contributed by atoms with Crippen LogP contribution in [0.25, 0.3) is 4.85 Å². The lowest BCUT2D eigenvalue weighted by Gasteiger charge is -2.31. The molecule has 2 aromatic rings. The highest BCUT2D eigenvalue weighted by atomic mass is 79.9. The van der Waals surface area contributed by atoms with Crippen molar-refractivity contribution in [1.29, 1.82) is 0 Å². The largest absolute Gasteiger partial charge is 0.457 e. The Bertz CT molecular complexity index is 1290. The van der Waals surface area contributed by atoms with Crippen LogP contribution in [0.2, 0.25) is 0 Å². The first-order valence-electron chi connectivity index (χ1n) is 12.9. The predicted molar refractivity (Wildman–Crippen MR) is 153 cm³/mol. The summed E-state index contributed by atoms with van der Waals surface area (Å²) in [4.78, 5) is 45.4. The van der Waals surface area contributed by atoms with Crippen LogP contribution in [0.3, 0.4) is 0 Å². The van der Waals surface area contributed by atoms with E-state index in [1.807, 2.05) is 0 Å². The van der Waals surface area contributed by atoms with Gasteiger partial charge in [0.1, 0.15) is 27.7 Å². The quantitative estimate of drug-likeness (QED) is 0.218. The number of rotatable bonds is 5. The maximum absolute atomic E-state index is 13.3. The Morgan fingerprint density at radius 1 is 1.10 bits per heavy atom. The van der Waals surface area contributed by atoms with Gasteiger partial charge in [0.25, 0.3) is 5.69 Å². The number of carbonyl (C=O) groups is 3. The second kappa shape index (κ2) is 11.9. The molecule has 1 fully saturated rings. The van der Waals surface area contributed by atoms with E-state index in [0.29, 0.717) is 12.0 Å². The topological polar surface area (TPSA) is 108 Å². The van der Waals surface area contributed by atoms with Gasteiger partial charge in [-0.1, -0.05) is 18.2 Å². The van der Waals surface area contributed by atoms with Crippen LogP contribution in [-0.2, 0) is 14.2 Å². The molecule has 0 N–H and O–H groups in total. The Kier molecular flexibility index (Phi) is 9.19.